The van der Waals surface area contributed by atoms with Crippen molar-refractivity contribution < 1.29 is 9.53 Å². The molecule has 0 radical (unpaired) electrons. The Hall–Kier alpha value is -1.69. The molecule has 1 heterocycles. The molecule has 0 bridgehead atoms. The Morgan fingerprint density at radius 3 is 2.75 bits per heavy atom. The Balaban J connectivity index is 2.17. The summed E-state index contributed by atoms with van der Waals surface area (Å²) in [5.41, 5.74) is 1.13. The maximum atomic E-state index is 12.3. The number of methoxy groups -OCH3 is 1. The Kier molecular flexibility index (Phi) is 4.89. The van der Waals surface area contributed by atoms with Gasteiger partial charge in [-0.2, -0.15) is 0 Å². The zero-order valence-corrected chi connectivity index (χ0v) is 12.3. The zero-order chi connectivity index (χ0) is 14.5. The van der Waals surface area contributed by atoms with Gasteiger partial charge in [0.2, 0.25) is 5.95 Å². The van der Waals surface area contributed by atoms with Crippen LogP contribution in [-0.4, -0.2) is 43.1 Å². The van der Waals surface area contributed by atoms with Gasteiger partial charge in [0.1, 0.15) is 0 Å². The van der Waals surface area contributed by atoms with E-state index in [0.29, 0.717) is 23.8 Å². The van der Waals surface area contributed by atoms with Gasteiger partial charge in [-0.25, -0.2) is 9.97 Å². The highest BCUT2D eigenvalue weighted by molar-refractivity contribution is 5.95. The topological polar surface area (TPSA) is 67.3 Å². The summed E-state index contributed by atoms with van der Waals surface area (Å²) < 4.78 is 5.13. The number of aromatic nitrogens is 2. The molecule has 1 saturated carbocycles. The van der Waals surface area contributed by atoms with Crippen molar-refractivity contribution in [2.75, 3.05) is 26.1 Å². The summed E-state index contributed by atoms with van der Waals surface area (Å²) in [7, 11) is 5.32. The van der Waals surface area contributed by atoms with Crippen LogP contribution in [0.5, 0.6) is 0 Å². The van der Waals surface area contributed by atoms with Gasteiger partial charge in [0.15, 0.2) is 0 Å². The number of carbonyl (C=O) groups is 1. The number of rotatable bonds is 5. The first-order valence-electron chi connectivity index (χ1n) is 6.95. The van der Waals surface area contributed by atoms with Crippen LogP contribution in [0.4, 0.5) is 5.95 Å². The zero-order valence-electron chi connectivity index (χ0n) is 12.3. The van der Waals surface area contributed by atoms with Crippen molar-refractivity contribution in [1.82, 2.24) is 15.3 Å². The van der Waals surface area contributed by atoms with E-state index in [1.54, 1.807) is 18.2 Å². The van der Waals surface area contributed by atoms with Gasteiger partial charge in [-0.1, -0.05) is 12.8 Å². The molecule has 1 fully saturated rings. The third-order valence-electron chi connectivity index (χ3n) is 3.47. The normalized spacial score (nSPS) is 15.3. The third-order valence-corrected chi connectivity index (χ3v) is 3.47. The van der Waals surface area contributed by atoms with E-state index in [1.165, 1.54) is 12.8 Å². The lowest BCUT2D eigenvalue weighted by Crippen LogP contribution is -2.33. The van der Waals surface area contributed by atoms with Gasteiger partial charge >= 0.3 is 0 Å². The number of amides is 1. The third kappa shape index (κ3) is 3.45. The molecule has 110 valence electrons. The summed E-state index contributed by atoms with van der Waals surface area (Å²) in [6.07, 6.45) is 6.07. The van der Waals surface area contributed by atoms with Crippen molar-refractivity contribution in [3.8, 4) is 0 Å². The minimum Gasteiger partial charge on any atom is -0.378 e. The largest absolute Gasteiger partial charge is 0.378 e. The van der Waals surface area contributed by atoms with E-state index >= 15 is 0 Å². The smallest absolute Gasteiger partial charge is 0.255 e. The van der Waals surface area contributed by atoms with Crippen molar-refractivity contribution >= 4 is 11.9 Å². The van der Waals surface area contributed by atoms with Crippen molar-refractivity contribution in [2.45, 2.75) is 38.3 Å². The Bertz CT molecular complexity index is 470. The SMILES string of the molecule is COCc1nc(N(C)C)ncc1C(=O)NC1CCCC1. The van der Waals surface area contributed by atoms with Crippen LogP contribution < -0.4 is 10.2 Å². The van der Waals surface area contributed by atoms with Crippen molar-refractivity contribution in [3.63, 3.8) is 0 Å². The lowest BCUT2D eigenvalue weighted by atomic mass is 10.2. The Morgan fingerprint density at radius 1 is 1.45 bits per heavy atom. The predicted molar refractivity (Wildman–Crippen MR) is 76.8 cm³/mol. The lowest BCUT2D eigenvalue weighted by Gasteiger charge is -2.16. The molecule has 2 rings (SSSR count). The highest BCUT2D eigenvalue weighted by Gasteiger charge is 2.21. The number of ether oxygens (including phenoxy) is 1. The predicted octanol–water partition coefficient (Wildman–Crippen LogP) is 1.36. The number of carbonyl (C=O) groups excluding carboxylic acids is 1. The molecular weight excluding hydrogens is 256 g/mol. The fourth-order valence-corrected chi connectivity index (χ4v) is 2.39. The second kappa shape index (κ2) is 6.65. The second-order valence-electron chi connectivity index (χ2n) is 5.31. The standard InChI is InChI=1S/C14H22N4O2/c1-18(2)14-15-8-11(12(17-14)9-20-3)13(19)16-10-6-4-5-7-10/h8,10H,4-7,9H2,1-3H3,(H,16,19). The molecule has 0 unspecified atom stereocenters. The Labute approximate surface area is 119 Å². The van der Waals surface area contributed by atoms with Crippen molar-refractivity contribution in [1.29, 1.82) is 0 Å². The first-order chi connectivity index (χ1) is 9.61. The first kappa shape index (κ1) is 14.7. The minimum absolute atomic E-state index is 0.103. The Morgan fingerprint density at radius 2 is 2.15 bits per heavy atom. The molecule has 6 heteroatoms. The van der Waals surface area contributed by atoms with Crippen LogP contribution in [0, 0.1) is 0 Å². The molecular formula is C14H22N4O2. The average molecular weight is 278 g/mol. The molecule has 1 aromatic rings. The van der Waals surface area contributed by atoms with Crippen LogP contribution in [0.3, 0.4) is 0 Å². The fourth-order valence-electron chi connectivity index (χ4n) is 2.39. The second-order valence-corrected chi connectivity index (χ2v) is 5.31. The van der Waals surface area contributed by atoms with Crippen LogP contribution in [0.1, 0.15) is 41.7 Å². The molecule has 1 amide bonds. The number of nitrogens with one attached hydrogen (secondary N) is 1. The molecule has 1 N–H and O–H groups in total. The lowest BCUT2D eigenvalue weighted by molar-refractivity contribution is 0.0931. The van der Waals surface area contributed by atoms with E-state index in [2.05, 4.69) is 15.3 Å². The molecule has 6 nitrogen and oxygen atoms in total. The summed E-state index contributed by atoms with van der Waals surface area (Å²) in [6, 6.07) is 0.284. The van der Waals surface area contributed by atoms with Gasteiger partial charge in [0, 0.05) is 33.4 Å². The number of nitrogens with zero attached hydrogens (tertiary/aromatic N) is 3. The van der Waals surface area contributed by atoms with Crippen LogP contribution in [-0.2, 0) is 11.3 Å². The van der Waals surface area contributed by atoms with Gasteiger partial charge in [-0.15, -0.1) is 0 Å². The number of hydrogen-bond acceptors (Lipinski definition) is 5. The highest BCUT2D eigenvalue weighted by Crippen LogP contribution is 2.19. The van der Waals surface area contributed by atoms with Gasteiger partial charge in [0.25, 0.3) is 5.91 Å². The molecule has 1 aliphatic rings. The molecule has 0 saturated heterocycles. The quantitative estimate of drug-likeness (QED) is 0.881. The highest BCUT2D eigenvalue weighted by atomic mass is 16.5. The van der Waals surface area contributed by atoms with Gasteiger partial charge in [-0.3, -0.25) is 4.79 Å². The maximum Gasteiger partial charge on any atom is 0.255 e. The molecule has 1 aromatic heterocycles. The van der Waals surface area contributed by atoms with E-state index in [0.717, 1.165) is 12.8 Å². The van der Waals surface area contributed by atoms with Gasteiger partial charge < -0.3 is 15.0 Å². The molecule has 0 aromatic carbocycles. The number of hydrogen-bond donors (Lipinski definition) is 1. The summed E-state index contributed by atoms with van der Waals surface area (Å²) in [6.45, 7) is 0.302. The number of anilines is 1. The average Bonchev–Trinajstić information content (AvgIpc) is 2.91. The molecule has 1 aliphatic carbocycles. The van der Waals surface area contributed by atoms with Crippen molar-refractivity contribution in [2.24, 2.45) is 0 Å². The minimum atomic E-state index is -0.103. The van der Waals surface area contributed by atoms with E-state index in [9.17, 15) is 4.79 Å². The summed E-state index contributed by atoms with van der Waals surface area (Å²) in [5.74, 6) is 0.476. The monoisotopic (exact) mass is 278 g/mol. The van der Waals surface area contributed by atoms with E-state index in [1.807, 2.05) is 14.1 Å². The van der Waals surface area contributed by atoms with E-state index in [-0.39, 0.29) is 11.9 Å². The molecule has 0 spiro atoms. The van der Waals surface area contributed by atoms with E-state index in [4.69, 9.17) is 4.74 Å². The summed E-state index contributed by atoms with van der Waals surface area (Å²) >= 11 is 0. The van der Waals surface area contributed by atoms with E-state index < -0.39 is 0 Å². The van der Waals surface area contributed by atoms with Crippen molar-refractivity contribution in [3.05, 3.63) is 17.5 Å². The van der Waals surface area contributed by atoms with Crippen LogP contribution >= 0.6 is 0 Å². The van der Waals surface area contributed by atoms with Crippen LogP contribution in [0.2, 0.25) is 0 Å². The fraction of sp³-hybridized carbons (Fsp3) is 0.643. The maximum absolute atomic E-state index is 12.3. The van der Waals surface area contributed by atoms with Gasteiger partial charge in [-0.05, 0) is 12.8 Å². The van der Waals surface area contributed by atoms with Crippen LogP contribution in [0.15, 0.2) is 6.20 Å². The first-order valence-corrected chi connectivity index (χ1v) is 6.95. The summed E-state index contributed by atoms with van der Waals surface area (Å²) in [5, 5.41) is 3.05. The summed E-state index contributed by atoms with van der Waals surface area (Å²) in [4.78, 5) is 22.7. The molecule has 0 aliphatic heterocycles. The van der Waals surface area contributed by atoms with Crippen LogP contribution in [0.25, 0.3) is 0 Å². The molecule has 20 heavy (non-hydrogen) atoms. The molecule has 0 atom stereocenters. The van der Waals surface area contributed by atoms with Gasteiger partial charge in [0.05, 0.1) is 17.9 Å².